The summed E-state index contributed by atoms with van der Waals surface area (Å²) >= 11 is 0. The van der Waals surface area contributed by atoms with Crippen LogP contribution in [-0.4, -0.2) is 22.4 Å². The number of benzene rings is 1. The number of aryl methyl sites for hydroxylation is 2. The molecule has 1 aromatic carbocycles. The summed E-state index contributed by atoms with van der Waals surface area (Å²) in [5.74, 6) is -0.777. The summed E-state index contributed by atoms with van der Waals surface area (Å²) in [6.45, 7) is 3.83. The number of carbonyl (C=O) groups excluding carboxylic acids is 3. The Kier molecular flexibility index (Phi) is 4.34. The predicted molar refractivity (Wildman–Crippen MR) is 102 cm³/mol. The molecule has 2 aromatic rings. The first-order valence-corrected chi connectivity index (χ1v) is 9.41. The fourth-order valence-electron chi connectivity index (χ4n) is 4.19. The van der Waals surface area contributed by atoms with Crippen molar-refractivity contribution in [3.63, 3.8) is 0 Å². The van der Waals surface area contributed by atoms with Crippen molar-refractivity contribution in [2.45, 2.75) is 39.5 Å². The molecule has 27 heavy (non-hydrogen) atoms. The van der Waals surface area contributed by atoms with E-state index in [1.54, 1.807) is 28.9 Å². The molecule has 4 rings (SSSR count). The highest BCUT2D eigenvalue weighted by Crippen LogP contribution is 2.40. The molecule has 6 heteroatoms. The Hall–Kier alpha value is -2.89. The Balaban J connectivity index is 1.53. The van der Waals surface area contributed by atoms with Gasteiger partial charge in [-0.2, -0.15) is 0 Å². The lowest BCUT2D eigenvalue weighted by molar-refractivity contribution is -0.122. The Morgan fingerprint density at radius 2 is 1.41 bits per heavy atom. The zero-order valence-electron chi connectivity index (χ0n) is 15.6. The van der Waals surface area contributed by atoms with Gasteiger partial charge < -0.3 is 0 Å². The highest BCUT2D eigenvalue weighted by molar-refractivity contribution is 6.22. The molecule has 1 aliphatic heterocycles. The molecule has 1 aliphatic carbocycles. The molecule has 2 fully saturated rings. The van der Waals surface area contributed by atoms with E-state index in [4.69, 9.17) is 0 Å². The molecule has 3 amide bonds. The molecular formula is C21H23N3O3. The molecule has 6 nitrogen and oxygen atoms in total. The molecule has 2 atom stereocenters. The van der Waals surface area contributed by atoms with Crippen molar-refractivity contribution in [1.82, 2.24) is 4.68 Å². The van der Waals surface area contributed by atoms with Gasteiger partial charge in [-0.25, -0.2) is 0 Å². The SMILES string of the molecule is Cc1ccc(C)n1NC(=O)c1ccc(N2C(=O)[C@@H]3CCCC[C@H]3C2=O)cc1. The maximum absolute atomic E-state index is 12.7. The summed E-state index contributed by atoms with van der Waals surface area (Å²) in [6.07, 6.45) is 3.60. The summed E-state index contributed by atoms with van der Waals surface area (Å²) in [4.78, 5) is 39.2. The number of hydrogen-bond donors (Lipinski definition) is 1. The maximum atomic E-state index is 12.7. The quantitative estimate of drug-likeness (QED) is 0.849. The van der Waals surface area contributed by atoms with E-state index in [9.17, 15) is 14.4 Å². The summed E-state index contributed by atoms with van der Waals surface area (Å²) in [5.41, 5.74) is 5.75. The van der Waals surface area contributed by atoms with Gasteiger partial charge in [0, 0.05) is 17.0 Å². The smallest absolute Gasteiger partial charge is 0.270 e. The minimum Gasteiger partial charge on any atom is -0.274 e. The van der Waals surface area contributed by atoms with E-state index < -0.39 is 0 Å². The number of aromatic nitrogens is 1. The number of nitrogens with one attached hydrogen (secondary N) is 1. The van der Waals surface area contributed by atoms with Gasteiger partial charge in [-0.15, -0.1) is 0 Å². The lowest BCUT2D eigenvalue weighted by Crippen LogP contribution is -2.31. The van der Waals surface area contributed by atoms with Crippen LogP contribution in [0.25, 0.3) is 0 Å². The van der Waals surface area contributed by atoms with Crippen molar-refractivity contribution in [3.05, 3.63) is 53.3 Å². The standard InChI is InChI=1S/C21H23N3O3/c1-13-7-8-14(2)24(13)22-19(25)15-9-11-16(12-10-15)23-20(26)17-5-3-4-6-18(17)21(23)27/h7-12,17-18H,3-6H2,1-2H3,(H,22,25)/t17-,18-/m1/s1. The van der Waals surface area contributed by atoms with Gasteiger partial charge in [-0.05, 0) is 63.1 Å². The first-order valence-electron chi connectivity index (χ1n) is 9.41. The van der Waals surface area contributed by atoms with Crippen LogP contribution in [0.3, 0.4) is 0 Å². The summed E-state index contributed by atoms with van der Waals surface area (Å²) in [7, 11) is 0. The van der Waals surface area contributed by atoms with Crippen LogP contribution in [0.15, 0.2) is 36.4 Å². The molecule has 1 saturated carbocycles. The normalized spacial score (nSPS) is 22.1. The molecule has 2 aliphatic rings. The van der Waals surface area contributed by atoms with Crippen molar-refractivity contribution in [1.29, 1.82) is 0 Å². The number of carbonyl (C=O) groups is 3. The Bertz CT molecular complexity index is 870. The van der Waals surface area contributed by atoms with Crippen LogP contribution in [0.1, 0.15) is 47.4 Å². The van der Waals surface area contributed by atoms with Gasteiger partial charge >= 0.3 is 0 Å². The zero-order valence-corrected chi connectivity index (χ0v) is 15.6. The fourth-order valence-corrected chi connectivity index (χ4v) is 4.19. The second kappa shape index (κ2) is 6.68. The number of fused-ring (bicyclic) bond motifs is 1. The highest BCUT2D eigenvalue weighted by atomic mass is 16.2. The van der Waals surface area contributed by atoms with Crippen LogP contribution >= 0.6 is 0 Å². The van der Waals surface area contributed by atoms with E-state index in [1.807, 2.05) is 26.0 Å². The van der Waals surface area contributed by atoms with Crippen molar-refractivity contribution < 1.29 is 14.4 Å². The molecule has 0 radical (unpaired) electrons. The van der Waals surface area contributed by atoms with Gasteiger partial charge in [0.2, 0.25) is 11.8 Å². The zero-order chi connectivity index (χ0) is 19.1. The van der Waals surface area contributed by atoms with Crippen LogP contribution in [0.5, 0.6) is 0 Å². The van der Waals surface area contributed by atoms with Crippen molar-refractivity contribution in [3.8, 4) is 0 Å². The molecule has 0 spiro atoms. The van der Waals surface area contributed by atoms with E-state index >= 15 is 0 Å². The number of nitrogens with zero attached hydrogens (tertiary/aromatic N) is 2. The van der Waals surface area contributed by atoms with Crippen molar-refractivity contribution >= 4 is 23.4 Å². The summed E-state index contributed by atoms with van der Waals surface area (Å²) in [5, 5.41) is 0. The topological polar surface area (TPSA) is 71.4 Å². The average Bonchev–Trinajstić information content (AvgIpc) is 3.13. The van der Waals surface area contributed by atoms with E-state index in [0.29, 0.717) is 11.3 Å². The Labute approximate surface area is 158 Å². The molecule has 1 saturated heterocycles. The van der Waals surface area contributed by atoms with E-state index in [2.05, 4.69) is 5.43 Å². The third-order valence-corrected chi connectivity index (χ3v) is 5.71. The van der Waals surface area contributed by atoms with E-state index in [1.165, 1.54) is 4.90 Å². The third-order valence-electron chi connectivity index (χ3n) is 5.71. The minimum atomic E-state index is -0.239. The molecule has 2 heterocycles. The molecule has 0 bridgehead atoms. The molecular weight excluding hydrogens is 342 g/mol. The monoisotopic (exact) mass is 365 g/mol. The first-order chi connectivity index (χ1) is 13.0. The summed E-state index contributed by atoms with van der Waals surface area (Å²) in [6, 6.07) is 10.5. The lowest BCUT2D eigenvalue weighted by Gasteiger charge is -2.19. The Morgan fingerprint density at radius 3 is 1.93 bits per heavy atom. The molecule has 1 N–H and O–H groups in total. The Morgan fingerprint density at radius 1 is 0.889 bits per heavy atom. The largest absolute Gasteiger partial charge is 0.274 e. The molecule has 1 aromatic heterocycles. The second-order valence-electron chi connectivity index (χ2n) is 7.45. The van der Waals surface area contributed by atoms with Gasteiger partial charge in [-0.1, -0.05) is 12.8 Å². The third kappa shape index (κ3) is 2.95. The fraction of sp³-hybridized carbons (Fsp3) is 0.381. The number of hydrogen-bond acceptors (Lipinski definition) is 3. The number of imide groups is 1. The molecule has 140 valence electrons. The first kappa shape index (κ1) is 17.5. The van der Waals surface area contributed by atoms with Crippen LogP contribution in [0.4, 0.5) is 5.69 Å². The van der Waals surface area contributed by atoms with E-state index in [0.717, 1.165) is 37.1 Å². The maximum Gasteiger partial charge on any atom is 0.270 e. The van der Waals surface area contributed by atoms with E-state index in [-0.39, 0.29) is 29.6 Å². The van der Waals surface area contributed by atoms with Gasteiger partial charge in [0.15, 0.2) is 0 Å². The van der Waals surface area contributed by atoms with Crippen LogP contribution < -0.4 is 10.3 Å². The highest BCUT2D eigenvalue weighted by Gasteiger charge is 2.48. The van der Waals surface area contributed by atoms with Crippen molar-refractivity contribution in [2.24, 2.45) is 11.8 Å². The number of rotatable bonds is 3. The van der Waals surface area contributed by atoms with Gasteiger partial charge in [-0.3, -0.25) is 29.4 Å². The van der Waals surface area contributed by atoms with Gasteiger partial charge in [0.1, 0.15) is 0 Å². The predicted octanol–water partition coefficient (Wildman–Crippen LogP) is 3.17. The number of anilines is 1. The van der Waals surface area contributed by atoms with Crippen molar-refractivity contribution in [2.75, 3.05) is 10.3 Å². The molecule has 0 unspecified atom stereocenters. The summed E-state index contributed by atoms with van der Waals surface area (Å²) < 4.78 is 1.73. The second-order valence-corrected chi connectivity index (χ2v) is 7.45. The van der Waals surface area contributed by atoms with Gasteiger partial charge in [0.25, 0.3) is 5.91 Å². The van der Waals surface area contributed by atoms with Crippen LogP contribution in [-0.2, 0) is 9.59 Å². The van der Waals surface area contributed by atoms with Crippen LogP contribution in [0.2, 0.25) is 0 Å². The minimum absolute atomic E-state index is 0.0968. The van der Waals surface area contributed by atoms with Gasteiger partial charge in [0.05, 0.1) is 17.5 Å². The number of amides is 3. The lowest BCUT2D eigenvalue weighted by atomic mass is 9.81. The average molecular weight is 365 g/mol. The van der Waals surface area contributed by atoms with Crippen LogP contribution in [0, 0.1) is 25.7 Å².